The maximum Gasteiger partial charge on any atom is 0.239 e. The lowest BCUT2D eigenvalue weighted by atomic mass is 10.0. The van der Waals surface area contributed by atoms with Crippen LogP contribution in [0.5, 0.6) is 0 Å². The van der Waals surface area contributed by atoms with Crippen LogP contribution < -0.4 is 10.6 Å². The Labute approximate surface area is 171 Å². The molecule has 0 aliphatic heterocycles. The summed E-state index contributed by atoms with van der Waals surface area (Å²) in [4.78, 5) is 24.9. The van der Waals surface area contributed by atoms with Gasteiger partial charge < -0.3 is 10.6 Å². The Morgan fingerprint density at radius 1 is 0.931 bits per heavy atom. The van der Waals surface area contributed by atoms with Crippen molar-refractivity contribution in [2.45, 2.75) is 25.8 Å². The predicted octanol–water partition coefficient (Wildman–Crippen LogP) is 4.01. The van der Waals surface area contributed by atoms with Crippen molar-refractivity contribution in [3.63, 3.8) is 0 Å². The van der Waals surface area contributed by atoms with Crippen LogP contribution in [-0.4, -0.2) is 18.4 Å². The van der Waals surface area contributed by atoms with Gasteiger partial charge in [0.1, 0.15) is 0 Å². The second kappa shape index (κ2) is 8.48. The summed E-state index contributed by atoms with van der Waals surface area (Å²) in [6.45, 7) is 2.20. The van der Waals surface area contributed by atoms with Gasteiger partial charge in [-0.1, -0.05) is 79.7 Å². The minimum Gasteiger partial charge on any atom is -0.347 e. The molecule has 4 nitrogen and oxygen atoms in total. The molecule has 2 N–H and O–H groups in total. The Hall–Kier alpha value is -3.14. The first-order valence-electron chi connectivity index (χ1n) is 10.2. The van der Waals surface area contributed by atoms with E-state index in [0.29, 0.717) is 11.8 Å². The van der Waals surface area contributed by atoms with E-state index in [9.17, 15) is 9.59 Å². The second-order valence-corrected chi connectivity index (χ2v) is 7.92. The van der Waals surface area contributed by atoms with Crippen LogP contribution in [0.2, 0.25) is 0 Å². The Kier molecular flexibility index (Phi) is 5.61. The quantitative estimate of drug-likeness (QED) is 0.645. The molecule has 1 aliphatic rings. The molecule has 0 heterocycles. The highest BCUT2D eigenvalue weighted by molar-refractivity contribution is 5.91. The number of rotatable bonds is 7. The fourth-order valence-corrected chi connectivity index (χ4v) is 4.00. The first-order valence-corrected chi connectivity index (χ1v) is 10.2. The average molecular weight is 386 g/mol. The summed E-state index contributed by atoms with van der Waals surface area (Å²) >= 11 is 0. The number of carbonyl (C=O) groups is 2. The lowest BCUT2D eigenvalue weighted by molar-refractivity contribution is -0.126. The van der Waals surface area contributed by atoms with E-state index < -0.39 is 0 Å². The van der Waals surface area contributed by atoms with Crippen LogP contribution in [0.15, 0.2) is 72.8 Å². The van der Waals surface area contributed by atoms with Gasteiger partial charge in [0.25, 0.3) is 0 Å². The van der Waals surface area contributed by atoms with Gasteiger partial charge in [-0.15, -0.1) is 0 Å². The van der Waals surface area contributed by atoms with Crippen LogP contribution in [-0.2, 0) is 16.0 Å². The first kappa shape index (κ1) is 19.2. The van der Waals surface area contributed by atoms with E-state index in [0.717, 1.165) is 28.3 Å². The maximum atomic E-state index is 12.5. The monoisotopic (exact) mass is 386 g/mol. The molecule has 1 aliphatic carbocycles. The molecule has 29 heavy (non-hydrogen) atoms. The van der Waals surface area contributed by atoms with E-state index in [1.54, 1.807) is 0 Å². The van der Waals surface area contributed by atoms with E-state index in [2.05, 4.69) is 29.7 Å². The number of fused-ring (bicyclic) bond motifs is 1. The Balaban J connectivity index is 1.34. The molecule has 0 spiro atoms. The molecule has 0 aromatic heterocycles. The van der Waals surface area contributed by atoms with Gasteiger partial charge >= 0.3 is 0 Å². The van der Waals surface area contributed by atoms with Crippen molar-refractivity contribution < 1.29 is 9.59 Å². The molecule has 3 aromatic carbocycles. The number of hydrogen-bond donors (Lipinski definition) is 2. The van der Waals surface area contributed by atoms with Gasteiger partial charge in [-0.05, 0) is 40.2 Å². The first-order chi connectivity index (χ1) is 14.1. The Morgan fingerprint density at radius 2 is 1.62 bits per heavy atom. The van der Waals surface area contributed by atoms with Crippen LogP contribution >= 0.6 is 0 Å². The lowest BCUT2D eigenvalue weighted by Gasteiger charge is -2.19. The SMILES string of the molecule is CC1CC1C(NC(=O)CNC(=O)Cc1cccc2ccccc12)c1ccccc1. The van der Waals surface area contributed by atoms with Crippen LogP contribution in [0, 0.1) is 11.8 Å². The van der Waals surface area contributed by atoms with E-state index in [-0.39, 0.29) is 30.8 Å². The third-order valence-electron chi connectivity index (χ3n) is 5.75. The van der Waals surface area contributed by atoms with Gasteiger partial charge in [-0.2, -0.15) is 0 Å². The Morgan fingerprint density at radius 3 is 2.38 bits per heavy atom. The third-order valence-corrected chi connectivity index (χ3v) is 5.75. The van der Waals surface area contributed by atoms with Crippen LogP contribution in [0.3, 0.4) is 0 Å². The molecule has 1 saturated carbocycles. The third kappa shape index (κ3) is 4.65. The standard InChI is InChI=1S/C25H26N2O2/c1-17-14-22(17)25(19-9-3-2-4-10-19)27-24(29)16-26-23(28)15-20-12-7-11-18-8-5-6-13-21(18)20/h2-13,17,22,25H,14-16H2,1H3,(H,26,28)(H,27,29). The van der Waals surface area contributed by atoms with Crippen molar-refractivity contribution in [3.05, 3.63) is 83.9 Å². The van der Waals surface area contributed by atoms with Crippen LogP contribution in [0.1, 0.15) is 30.5 Å². The summed E-state index contributed by atoms with van der Waals surface area (Å²) in [7, 11) is 0. The lowest BCUT2D eigenvalue weighted by Crippen LogP contribution is -2.39. The van der Waals surface area contributed by atoms with Crippen LogP contribution in [0.25, 0.3) is 10.8 Å². The highest BCUT2D eigenvalue weighted by Crippen LogP contribution is 2.46. The molecular weight excluding hydrogens is 360 g/mol. The maximum absolute atomic E-state index is 12.5. The van der Waals surface area contributed by atoms with E-state index >= 15 is 0 Å². The summed E-state index contributed by atoms with van der Waals surface area (Å²) in [6, 6.07) is 24.0. The minimum atomic E-state index is -0.149. The molecule has 2 amide bonds. The second-order valence-electron chi connectivity index (χ2n) is 7.92. The molecule has 0 radical (unpaired) electrons. The van der Waals surface area contributed by atoms with Gasteiger partial charge in [-0.25, -0.2) is 0 Å². The van der Waals surface area contributed by atoms with Crippen molar-refractivity contribution in [2.24, 2.45) is 11.8 Å². The molecule has 1 fully saturated rings. The van der Waals surface area contributed by atoms with E-state index in [4.69, 9.17) is 0 Å². The van der Waals surface area contributed by atoms with E-state index in [1.807, 2.05) is 60.7 Å². The summed E-state index contributed by atoms with van der Waals surface area (Å²) < 4.78 is 0. The minimum absolute atomic E-state index is 0.00592. The Bertz CT molecular complexity index is 1010. The fraction of sp³-hybridized carbons (Fsp3) is 0.280. The zero-order chi connectivity index (χ0) is 20.2. The van der Waals surface area contributed by atoms with E-state index in [1.165, 1.54) is 0 Å². The zero-order valence-electron chi connectivity index (χ0n) is 16.6. The summed E-state index contributed by atoms with van der Waals surface area (Å²) in [5, 5.41) is 8.07. The molecule has 3 aromatic rings. The highest BCUT2D eigenvalue weighted by Gasteiger charge is 2.40. The number of amides is 2. The normalized spacial score (nSPS) is 18.8. The number of benzene rings is 3. The fourth-order valence-electron chi connectivity index (χ4n) is 4.00. The summed E-state index contributed by atoms with van der Waals surface area (Å²) in [5.41, 5.74) is 2.09. The molecule has 0 bridgehead atoms. The zero-order valence-corrected chi connectivity index (χ0v) is 16.6. The molecule has 4 heteroatoms. The highest BCUT2D eigenvalue weighted by atomic mass is 16.2. The summed E-state index contributed by atoms with van der Waals surface area (Å²) in [6.07, 6.45) is 1.38. The molecule has 0 saturated heterocycles. The van der Waals surface area contributed by atoms with Gasteiger partial charge in [0.15, 0.2) is 0 Å². The van der Waals surface area contributed by atoms with Crippen molar-refractivity contribution in [1.29, 1.82) is 0 Å². The largest absolute Gasteiger partial charge is 0.347 e. The van der Waals surface area contributed by atoms with Crippen LogP contribution in [0.4, 0.5) is 0 Å². The predicted molar refractivity (Wildman–Crippen MR) is 115 cm³/mol. The van der Waals surface area contributed by atoms with Gasteiger partial charge in [0.05, 0.1) is 19.0 Å². The van der Waals surface area contributed by atoms with Crippen molar-refractivity contribution >= 4 is 22.6 Å². The topological polar surface area (TPSA) is 58.2 Å². The summed E-state index contributed by atoms with van der Waals surface area (Å²) in [5.74, 6) is 0.783. The van der Waals surface area contributed by atoms with Gasteiger partial charge in [0.2, 0.25) is 11.8 Å². The van der Waals surface area contributed by atoms with Crippen molar-refractivity contribution in [2.75, 3.05) is 6.54 Å². The van der Waals surface area contributed by atoms with Gasteiger partial charge in [-0.3, -0.25) is 9.59 Å². The number of nitrogens with one attached hydrogen (secondary N) is 2. The molecule has 4 rings (SSSR count). The molecular formula is C25H26N2O2. The smallest absolute Gasteiger partial charge is 0.239 e. The van der Waals surface area contributed by atoms with Crippen molar-refractivity contribution in [1.82, 2.24) is 10.6 Å². The molecule has 3 unspecified atom stereocenters. The average Bonchev–Trinajstić information content (AvgIpc) is 3.47. The van der Waals surface area contributed by atoms with Crippen molar-refractivity contribution in [3.8, 4) is 0 Å². The number of hydrogen-bond acceptors (Lipinski definition) is 2. The van der Waals surface area contributed by atoms with Gasteiger partial charge in [0, 0.05) is 0 Å². The molecule has 148 valence electrons. The molecule has 3 atom stereocenters. The number of carbonyl (C=O) groups excluding carboxylic acids is 2.